The largest absolute Gasteiger partial charge is 0.507 e. The maximum absolute atomic E-state index is 13.0. The molecule has 0 saturated heterocycles. The molecule has 0 bridgehead atoms. The summed E-state index contributed by atoms with van der Waals surface area (Å²) in [4.78, 5) is 13.0. The van der Waals surface area contributed by atoms with Crippen LogP contribution in [0.3, 0.4) is 0 Å². The van der Waals surface area contributed by atoms with E-state index in [1.807, 2.05) is 66.2 Å². The Labute approximate surface area is 166 Å². The van der Waals surface area contributed by atoms with Crippen LogP contribution >= 0.6 is 0 Å². The van der Waals surface area contributed by atoms with Crippen molar-refractivity contribution in [1.82, 2.24) is 4.57 Å². The quantitative estimate of drug-likeness (QED) is 0.430. The van der Waals surface area contributed by atoms with Gasteiger partial charge < -0.3 is 19.4 Å². The van der Waals surface area contributed by atoms with Gasteiger partial charge in [-0.3, -0.25) is 4.79 Å². The van der Waals surface area contributed by atoms with Gasteiger partial charge in [-0.25, -0.2) is 0 Å². The Balaban J connectivity index is 1.59. The summed E-state index contributed by atoms with van der Waals surface area (Å²) in [6, 6.07) is 22.4. The molecule has 0 fully saturated rings. The third-order valence-electron chi connectivity index (χ3n) is 5.24. The molecule has 142 valence electrons. The number of aromatic hydroxyl groups is 1. The van der Waals surface area contributed by atoms with Crippen LogP contribution in [-0.2, 0) is 7.05 Å². The number of fused-ring (bicyclic) bond motifs is 3. The van der Waals surface area contributed by atoms with Crippen molar-refractivity contribution in [2.75, 3.05) is 5.32 Å². The first-order chi connectivity index (χ1) is 14.1. The summed E-state index contributed by atoms with van der Waals surface area (Å²) in [7, 11) is 1.95. The minimum atomic E-state index is -0.378. The molecule has 0 atom stereocenters. The van der Waals surface area contributed by atoms with Gasteiger partial charge in [0.05, 0.1) is 23.0 Å². The fraction of sp³-hybridized carbons (Fsp3) is 0.0417. The van der Waals surface area contributed by atoms with Crippen molar-refractivity contribution >= 4 is 33.4 Å². The molecule has 0 saturated carbocycles. The molecule has 0 aliphatic carbocycles. The summed E-state index contributed by atoms with van der Waals surface area (Å²) in [6.45, 7) is 0. The van der Waals surface area contributed by atoms with Crippen LogP contribution in [0.1, 0.15) is 10.4 Å². The van der Waals surface area contributed by atoms with Gasteiger partial charge in [0.15, 0.2) is 0 Å². The van der Waals surface area contributed by atoms with Crippen LogP contribution in [0.5, 0.6) is 5.75 Å². The zero-order valence-corrected chi connectivity index (χ0v) is 15.7. The number of aryl methyl sites for hydroxylation is 1. The summed E-state index contributed by atoms with van der Waals surface area (Å²) in [5.41, 5.74) is 3.53. The highest BCUT2D eigenvalue weighted by atomic mass is 16.3. The van der Waals surface area contributed by atoms with Crippen LogP contribution in [0.15, 0.2) is 83.5 Å². The summed E-state index contributed by atoms with van der Waals surface area (Å²) in [5.74, 6) is 0.224. The maximum atomic E-state index is 13.0. The molecule has 2 N–H and O–H groups in total. The van der Waals surface area contributed by atoms with E-state index in [9.17, 15) is 9.90 Å². The van der Waals surface area contributed by atoms with Gasteiger partial charge in [0.1, 0.15) is 11.5 Å². The average Bonchev–Trinajstić information content (AvgIpc) is 3.36. The van der Waals surface area contributed by atoms with E-state index in [1.54, 1.807) is 24.5 Å². The van der Waals surface area contributed by atoms with Gasteiger partial charge in [0.2, 0.25) is 0 Å². The van der Waals surface area contributed by atoms with Crippen molar-refractivity contribution in [2.45, 2.75) is 0 Å². The number of carbonyl (C=O) groups is 1. The van der Waals surface area contributed by atoms with Gasteiger partial charge in [-0.05, 0) is 36.4 Å². The second kappa shape index (κ2) is 6.56. The molecule has 0 aliphatic heterocycles. The van der Waals surface area contributed by atoms with E-state index in [1.165, 1.54) is 0 Å². The third kappa shape index (κ3) is 2.75. The zero-order valence-electron chi connectivity index (χ0n) is 15.7. The first-order valence-electron chi connectivity index (χ1n) is 9.28. The number of amides is 1. The number of nitrogens with zero attached hydrogens (tertiary/aromatic N) is 1. The molecule has 0 unspecified atom stereocenters. The van der Waals surface area contributed by atoms with Crippen molar-refractivity contribution in [2.24, 2.45) is 7.05 Å². The van der Waals surface area contributed by atoms with Gasteiger partial charge in [-0.1, -0.05) is 30.3 Å². The number of nitrogens with one attached hydrogen (secondary N) is 1. The molecule has 5 rings (SSSR count). The third-order valence-corrected chi connectivity index (χ3v) is 5.24. The Bertz CT molecular complexity index is 1360. The topological polar surface area (TPSA) is 67.4 Å². The predicted octanol–water partition coefficient (Wildman–Crippen LogP) is 5.55. The van der Waals surface area contributed by atoms with Crippen LogP contribution in [-0.4, -0.2) is 15.6 Å². The normalized spacial score (nSPS) is 11.2. The minimum Gasteiger partial charge on any atom is -0.507 e. The summed E-state index contributed by atoms with van der Waals surface area (Å²) < 4.78 is 7.49. The number of anilines is 1. The first-order valence-corrected chi connectivity index (χ1v) is 9.28. The monoisotopic (exact) mass is 382 g/mol. The highest BCUT2D eigenvalue weighted by molar-refractivity contribution is 6.14. The van der Waals surface area contributed by atoms with Gasteiger partial charge >= 0.3 is 0 Å². The summed E-state index contributed by atoms with van der Waals surface area (Å²) in [5, 5.41) is 15.4. The van der Waals surface area contributed by atoms with E-state index in [2.05, 4.69) is 5.32 Å². The van der Waals surface area contributed by atoms with Crippen molar-refractivity contribution in [3.8, 4) is 17.1 Å². The van der Waals surface area contributed by atoms with Gasteiger partial charge in [0, 0.05) is 35.0 Å². The lowest BCUT2D eigenvalue weighted by molar-refractivity contribution is 0.102. The average molecular weight is 382 g/mol. The molecule has 3 aromatic carbocycles. The number of phenols is 1. The number of rotatable bonds is 3. The molecule has 2 aromatic heterocycles. The van der Waals surface area contributed by atoms with Crippen LogP contribution in [0.25, 0.3) is 33.1 Å². The molecule has 0 aliphatic rings. The van der Waals surface area contributed by atoms with Crippen LogP contribution < -0.4 is 5.32 Å². The van der Waals surface area contributed by atoms with Crippen LogP contribution in [0.2, 0.25) is 0 Å². The van der Waals surface area contributed by atoms with E-state index < -0.39 is 0 Å². The lowest BCUT2D eigenvalue weighted by Gasteiger charge is -2.11. The van der Waals surface area contributed by atoms with Gasteiger partial charge in [-0.15, -0.1) is 0 Å². The Kier molecular flexibility index (Phi) is 3.88. The number of benzene rings is 3. The molecule has 0 spiro atoms. The van der Waals surface area contributed by atoms with Gasteiger partial charge in [-0.2, -0.15) is 0 Å². The van der Waals surface area contributed by atoms with Crippen LogP contribution in [0.4, 0.5) is 5.69 Å². The predicted molar refractivity (Wildman–Crippen MR) is 114 cm³/mol. The number of carbonyl (C=O) groups excluding carboxylic acids is 1. The molecule has 5 nitrogen and oxygen atoms in total. The lowest BCUT2D eigenvalue weighted by Crippen LogP contribution is -2.12. The molecular weight excluding hydrogens is 364 g/mol. The Hall–Kier alpha value is -3.99. The van der Waals surface area contributed by atoms with Crippen molar-refractivity contribution in [1.29, 1.82) is 0 Å². The smallest absolute Gasteiger partial charge is 0.259 e. The Morgan fingerprint density at radius 3 is 2.55 bits per heavy atom. The first kappa shape index (κ1) is 17.1. The minimum absolute atomic E-state index is 0.0589. The molecule has 0 radical (unpaired) electrons. The zero-order chi connectivity index (χ0) is 20.0. The Morgan fingerprint density at radius 2 is 1.72 bits per heavy atom. The number of phenolic OH excluding ortho intramolecular Hbond substituents is 1. The van der Waals surface area contributed by atoms with E-state index in [4.69, 9.17) is 4.42 Å². The second-order valence-electron chi connectivity index (χ2n) is 6.94. The number of aromatic nitrogens is 1. The number of furan rings is 1. The fourth-order valence-corrected chi connectivity index (χ4v) is 3.80. The number of para-hydroxylation sites is 2. The molecular formula is C24H18N2O3. The Morgan fingerprint density at radius 1 is 0.931 bits per heavy atom. The number of hydrogen-bond donors (Lipinski definition) is 2. The standard InChI is InChI=1S/C24H18N2O3/c1-26-20-10-5-3-7-15(20)17-13-18(22(27)14-21(17)26)24(28)25-19-9-4-2-8-16(19)23-11-6-12-29-23/h2-14,27H,1H3,(H,25,28). The molecule has 2 heterocycles. The van der Waals surface area contributed by atoms with E-state index in [-0.39, 0.29) is 17.2 Å². The highest BCUT2D eigenvalue weighted by Gasteiger charge is 2.18. The lowest BCUT2D eigenvalue weighted by atomic mass is 10.1. The van der Waals surface area contributed by atoms with Gasteiger partial charge in [0.25, 0.3) is 5.91 Å². The molecule has 5 aromatic rings. The molecule has 29 heavy (non-hydrogen) atoms. The maximum Gasteiger partial charge on any atom is 0.259 e. The highest BCUT2D eigenvalue weighted by Crippen LogP contribution is 2.34. The van der Waals surface area contributed by atoms with Crippen molar-refractivity contribution < 1.29 is 14.3 Å². The SMILES string of the molecule is Cn1c2ccccc2c2cc(C(=O)Nc3ccccc3-c3ccco3)c(O)cc21. The molecule has 1 amide bonds. The second-order valence-corrected chi connectivity index (χ2v) is 6.94. The van der Waals surface area contributed by atoms with E-state index >= 15 is 0 Å². The van der Waals surface area contributed by atoms with E-state index in [0.29, 0.717) is 11.4 Å². The summed E-state index contributed by atoms with van der Waals surface area (Å²) in [6.07, 6.45) is 1.59. The molecule has 5 heteroatoms. The van der Waals surface area contributed by atoms with E-state index in [0.717, 1.165) is 27.4 Å². The van der Waals surface area contributed by atoms with Crippen molar-refractivity contribution in [3.63, 3.8) is 0 Å². The fourth-order valence-electron chi connectivity index (χ4n) is 3.80. The van der Waals surface area contributed by atoms with Crippen LogP contribution in [0, 0.1) is 0 Å². The summed E-state index contributed by atoms with van der Waals surface area (Å²) >= 11 is 0. The number of hydrogen-bond acceptors (Lipinski definition) is 3. The van der Waals surface area contributed by atoms with Crippen molar-refractivity contribution in [3.05, 3.63) is 84.6 Å².